The van der Waals surface area contributed by atoms with Crippen LogP contribution in [0.25, 0.3) is 0 Å². The highest BCUT2D eigenvalue weighted by atomic mass is 16.5. The predicted molar refractivity (Wildman–Crippen MR) is 101 cm³/mol. The largest absolute Gasteiger partial charge is 0.451 e. The zero-order chi connectivity index (χ0) is 18.3. The molecule has 2 aromatic carbocycles. The van der Waals surface area contributed by atoms with Gasteiger partial charge >= 0.3 is 0 Å². The molecule has 0 N–H and O–H groups in total. The van der Waals surface area contributed by atoms with E-state index in [2.05, 4.69) is 34.2 Å². The molecule has 3 aliphatic heterocycles. The molecule has 0 aliphatic carbocycles. The van der Waals surface area contributed by atoms with Gasteiger partial charge in [0.25, 0.3) is 11.9 Å². The third-order valence-corrected chi connectivity index (χ3v) is 5.85. The van der Waals surface area contributed by atoms with Gasteiger partial charge in [-0.15, -0.1) is 0 Å². The average Bonchev–Trinajstić information content (AvgIpc) is 3.25. The van der Waals surface area contributed by atoms with E-state index >= 15 is 0 Å². The van der Waals surface area contributed by atoms with Crippen LogP contribution in [0.4, 0.5) is 0 Å². The molecule has 138 valence electrons. The van der Waals surface area contributed by atoms with E-state index < -0.39 is 6.10 Å². The van der Waals surface area contributed by atoms with Crippen LogP contribution in [0.1, 0.15) is 29.5 Å². The van der Waals surface area contributed by atoms with Crippen LogP contribution in [0.15, 0.2) is 59.6 Å². The van der Waals surface area contributed by atoms with Gasteiger partial charge < -0.3 is 14.4 Å². The van der Waals surface area contributed by atoms with Gasteiger partial charge in [0.15, 0.2) is 6.10 Å². The summed E-state index contributed by atoms with van der Waals surface area (Å²) in [6.07, 6.45) is 1.80. The average molecular weight is 362 g/mol. The van der Waals surface area contributed by atoms with Gasteiger partial charge in [0, 0.05) is 19.5 Å². The van der Waals surface area contributed by atoms with E-state index in [1.54, 1.807) is 0 Å². The fourth-order valence-corrected chi connectivity index (χ4v) is 4.33. The number of benzene rings is 2. The molecule has 0 radical (unpaired) electrons. The highest BCUT2D eigenvalue weighted by molar-refractivity contribution is 5.98. The van der Waals surface area contributed by atoms with Crippen LogP contribution in [-0.2, 0) is 32.9 Å². The molecule has 1 saturated heterocycles. The maximum absolute atomic E-state index is 12.3. The number of carbonyl (C=O) groups excluding carboxylic acids is 1. The van der Waals surface area contributed by atoms with Crippen molar-refractivity contribution in [1.82, 2.24) is 4.90 Å². The fourth-order valence-electron chi connectivity index (χ4n) is 4.33. The third-order valence-electron chi connectivity index (χ3n) is 5.85. The lowest BCUT2D eigenvalue weighted by Crippen LogP contribution is -2.45. The van der Waals surface area contributed by atoms with Gasteiger partial charge in [-0.05, 0) is 29.5 Å². The Kier molecular flexibility index (Phi) is 3.97. The van der Waals surface area contributed by atoms with E-state index in [1.807, 2.05) is 30.3 Å². The molecule has 2 aromatic rings. The van der Waals surface area contributed by atoms with Crippen LogP contribution in [0.3, 0.4) is 0 Å². The number of aliphatic imine (C=N–C) groups is 1. The van der Waals surface area contributed by atoms with Gasteiger partial charge in [-0.1, -0.05) is 54.6 Å². The van der Waals surface area contributed by atoms with E-state index in [-0.39, 0.29) is 11.5 Å². The Bertz CT molecular complexity index is 885. The number of amidine groups is 1. The predicted octanol–water partition coefficient (Wildman–Crippen LogP) is 3.03. The first kappa shape index (κ1) is 16.5. The SMILES string of the molecule is O=C1N=C(N2CCC3(CC2)OCc2ccccc23)OC1Cc1ccccc1. The summed E-state index contributed by atoms with van der Waals surface area (Å²) in [5.41, 5.74) is 3.50. The van der Waals surface area contributed by atoms with Crippen LogP contribution >= 0.6 is 0 Å². The number of rotatable bonds is 2. The minimum absolute atomic E-state index is 0.184. The van der Waals surface area contributed by atoms with Crippen LogP contribution in [0.5, 0.6) is 0 Å². The van der Waals surface area contributed by atoms with Crippen molar-refractivity contribution in [3.05, 3.63) is 71.3 Å². The van der Waals surface area contributed by atoms with Gasteiger partial charge in [0.05, 0.1) is 12.2 Å². The molecular formula is C22H22N2O3. The molecule has 0 bridgehead atoms. The van der Waals surface area contributed by atoms with Crippen LogP contribution in [-0.4, -0.2) is 36.0 Å². The summed E-state index contributed by atoms with van der Waals surface area (Å²) < 4.78 is 12.1. The molecule has 3 aliphatic rings. The summed E-state index contributed by atoms with van der Waals surface area (Å²) >= 11 is 0. The van der Waals surface area contributed by atoms with Gasteiger partial charge in [-0.2, -0.15) is 4.99 Å². The number of nitrogens with zero attached hydrogens (tertiary/aromatic N) is 2. The fraction of sp³-hybridized carbons (Fsp3) is 0.364. The van der Waals surface area contributed by atoms with Crippen molar-refractivity contribution in [1.29, 1.82) is 0 Å². The molecule has 1 amide bonds. The van der Waals surface area contributed by atoms with Gasteiger partial charge in [0.2, 0.25) is 0 Å². The first-order chi connectivity index (χ1) is 13.2. The molecule has 1 atom stereocenters. The summed E-state index contributed by atoms with van der Waals surface area (Å²) in [5, 5.41) is 0. The van der Waals surface area contributed by atoms with Crippen LogP contribution in [0, 0.1) is 0 Å². The van der Waals surface area contributed by atoms with E-state index in [0.717, 1.165) is 31.5 Å². The summed E-state index contributed by atoms with van der Waals surface area (Å²) in [4.78, 5) is 18.6. The van der Waals surface area contributed by atoms with Crippen LogP contribution < -0.4 is 0 Å². The standard InChI is InChI=1S/C22H22N2O3/c25-20-19(14-16-6-2-1-3-7-16)27-21(23-20)24-12-10-22(11-13-24)18-9-5-4-8-17(18)15-26-22/h1-9,19H,10-15H2. The van der Waals surface area contributed by atoms with Crippen molar-refractivity contribution < 1.29 is 14.3 Å². The summed E-state index contributed by atoms with van der Waals surface area (Å²) in [5.74, 6) is -0.184. The Morgan fingerprint density at radius 3 is 2.59 bits per heavy atom. The van der Waals surface area contributed by atoms with Gasteiger partial charge in [0.1, 0.15) is 0 Å². The lowest BCUT2D eigenvalue weighted by molar-refractivity contribution is -0.122. The molecule has 0 saturated carbocycles. The van der Waals surface area contributed by atoms with E-state index in [4.69, 9.17) is 9.47 Å². The van der Waals surface area contributed by atoms with Gasteiger partial charge in [-0.3, -0.25) is 4.79 Å². The smallest absolute Gasteiger partial charge is 0.296 e. The Morgan fingerprint density at radius 1 is 1.04 bits per heavy atom. The number of ether oxygens (including phenoxy) is 2. The molecule has 1 unspecified atom stereocenters. The highest BCUT2D eigenvalue weighted by Gasteiger charge is 2.44. The molecule has 5 heteroatoms. The first-order valence-corrected chi connectivity index (χ1v) is 9.54. The molecule has 5 rings (SSSR count). The molecule has 1 fully saturated rings. The Labute approximate surface area is 158 Å². The topological polar surface area (TPSA) is 51.1 Å². The molecule has 0 aromatic heterocycles. The number of hydrogen-bond donors (Lipinski definition) is 0. The van der Waals surface area contributed by atoms with E-state index in [0.29, 0.717) is 19.0 Å². The summed E-state index contributed by atoms with van der Waals surface area (Å²) in [6, 6.07) is 18.9. The normalized spacial score (nSPS) is 23.3. The van der Waals surface area contributed by atoms with Crippen molar-refractivity contribution in [2.45, 2.75) is 37.6 Å². The molecule has 1 spiro atoms. The number of carbonyl (C=O) groups is 1. The summed E-state index contributed by atoms with van der Waals surface area (Å²) in [7, 11) is 0. The van der Waals surface area contributed by atoms with Gasteiger partial charge in [-0.25, -0.2) is 0 Å². The molecule has 3 heterocycles. The minimum Gasteiger partial charge on any atom is -0.451 e. The van der Waals surface area contributed by atoms with Crippen molar-refractivity contribution >= 4 is 11.9 Å². The van der Waals surface area contributed by atoms with Crippen LogP contribution in [0.2, 0.25) is 0 Å². The molecule has 27 heavy (non-hydrogen) atoms. The third kappa shape index (κ3) is 2.92. The molecular weight excluding hydrogens is 340 g/mol. The van der Waals surface area contributed by atoms with Crippen molar-refractivity contribution in [2.24, 2.45) is 4.99 Å². The number of hydrogen-bond acceptors (Lipinski definition) is 4. The summed E-state index contributed by atoms with van der Waals surface area (Å²) in [6.45, 7) is 2.24. The number of fused-ring (bicyclic) bond motifs is 2. The Hall–Kier alpha value is -2.66. The molecule has 5 nitrogen and oxygen atoms in total. The Morgan fingerprint density at radius 2 is 1.78 bits per heavy atom. The lowest BCUT2D eigenvalue weighted by atomic mass is 9.84. The monoisotopic (exact) mass is 362 g/mol. The zero-order valence-corrected chi connectivity index (χ0v) is 15.1. The van der Waals surface area contributed by atoms with Crippen molar-refractivity contribution in [3.8, 4) is 0 Å². The van der Waals surface area contributed by atoms with E-state index in [1.165, 1.54) is 11.1 Å². The van der Waals surface area contributed by atoms with Crippen molar-refractivity contribution in [2.75, 3.05) is 13.1 Å². The number of amides is 1. The van der Waals surface area contributed by atoms with Crippen molar-refractivity contribution in [3.63, 3.8) is 0 Å². The van der Waals surface area contributed by atoms with E-state index in [9.17, 15) is 4.79 Å². The quantitative estimate of drug-likeness (QED) is 0.824. The number of likely N-dealkylation sites (tertiary alicyclic amines) is 1. The zero-order valence-electron chi connectivity index (χ0n) is 15.1. The second kappa shape index (κ2) is 6.50. The first-order valence-electron chi connectivity index (χ1n) is 9.54. The lowest BCUT2D eigenvalue weighted by Gasteiger charge is -2.39. The minimum atomic E-state index is -0.512. The number of piperidine rings is 1. The Balaban J connectivity index is 1.25. The maximum Gasteiger partial charge on any atom is 0.296 e. The second-order valence-corrected chi connectivity index (χ2v) is 7.46. The second-order valence-electron chi connectivity index (χ2n) is 7.46. The highest BCUT2D eigenvalue weighted by Crippen LogP contribution is 2.44. The maximum atomic E-state index is 12.3.